The van der Waals surface area contributed by atoms with Gasteiger partial charge in [0.2, 0.25) is 0 Å². The van der Waals surface area contributed by atoms with Crippen molar-refractivity contribution in [3.8, 4) is 11.3 Å². The minimum absolute atomic E-state index is 0.0579. The summed E-state index contributed by atoms with van der Waals surface area (Å²) in [5.74, 6) is -0.631. The van der Waals surface area contributed by atoms with E-state index in [9.17, 15) is 14.4 Å². The number of hydrogen-bond donors (Lipinski definition) is 2. The first-order chi connectivity index (χ1) is 13.7. The van der Waals surface area contributed by atoms with E-state index in [-0.39, 0.29) is 16.8 Å². The minimum Gasteiger partial charge on any atom is -0.325 e. The van der Waals surface area contributed by atoms with Gasteiger partial charge in [0, 0.05) is 28.6 Å². The lowest BCUT2D eigenvalue weighted by Crippen LogP contribution is -2.32. The van der Waals surface area contributed by atoms with Crippen LogP contribution < -0.4 is 10.9 Å². The number of H-pyrrole nitrogens is 1. The molecule has 1 aromatic carbocycles. The molecule has 2 aromatic heterocycles. The summed E-state index contributed by atoms with van der Waals surface area (Å²) >= 11 is 1.28. The molecular weight excluding hydrogens is 386 g/mol. The van der Waals surface area contributed by atoms with Crippen LogP contribution >= 0.6 is 11.3 Å². The Balaban J connectivity index is 1.58. The molecule has 3 aromatic rings. The number of rotatable bonds is 3. The third kappa shape index (κ3) is 3.91. The molecule has 148 valence electrons. The first-order valence-corrected chi connectivity index (χ1v) is 10.2. The number of ketones is 1. The zero-order valence-electron chi connectivity index (χ0n) is 16.5. The molecule has 0 atom stereocenters. The van der Waals surface area contributed by atoms with Crippen LogP contribution in [0.4, 0.5) is 5.13 Å². The molecule has 0 fully saturated rings. The number of amides is 1. The van der Waals surface area contributed by atoms with Gasteiger partial charge in [0.1, 0.15) is 5.56 Å². The predicted octanol–water partition coefficient (Wildman–Crippen LogP) is 4.21. The molecule has 29 heavy (non-hydrogen) atoms. The zero-order valence-corrected chi connectivity index (χ0v) is 17.3. The minimum atomic E-state index is -0.573. The second-order valence-corrected chi connectivity index (χ2v) is 9.06. The number of aromatic amines is 1. The van der Waals surface area contributed by atoms with Crippen molar-refractivity contribution in [1.29, 1.82) is 0 Å². The summed E-state index contributed by atoms with van der Waals surface area (Å²) < 4.78 is 0. The van der Waals surface area contributed by atoms with Crippen molar-refractivity contribution >= 4 is 28.2 Å². The largest absolute Gasteiger partial charge is 0.325 e. The number of benzene rings is 1. The molecule has 0 spiro atoms. The van der Waals surface area contributed by atoms with Gasteiger partial charge in [-0.15, -0.1) is 11.3 Å². The Labute approximate surface area is 172 Å². The monoisotopic (exact) mass is 407 g/mol. The number of carbonyl (C=O) groups excluding carboxylic acids is 2. The summed E-state index contributed by atoms with van der Waals surface area (Å²) in [5.41, 5.74) is 3.10. The van der Waals surface area contributed by atoms with Gasteiger partial charge in [-0.25, -0.2) is 4.98 Å². The number of nitrogens with one attached hydrogen (secondary N) is 2. The van der Waals surface area contributed by atoms with Crippen LogP contribution in [0.3, 0.4) is 0 Å². The molecule has 0 saturated carbocycles. The second-order valence-electron chi connectivity index (χ2n) is 8.20. The highest BCUT2D eigenvalue weighted by molar-refractivity contribution is 7.14. The quantitative estimate of drug-likeness (QED) is 0.680. The van der Waals surface area contributed by atoms with Crippen molar-refractivity contribution in [2.45, 2.75) is 33.6 Å². The van der Waals surface area contributed by atoms with Gasteiger partial charge in [-0.1, -0.05) is 43.7 Å². The van der Waals surface area contributed by atoms with Crippen molar-refractivity contribution in [3.05, 3.63) is 68.4 Å². The van der Waals surface area contributed by atoms with E-state index < -0.39 is 11.5 Å². The molecule has 6 nitrogen and oxygen atoms in total. The third-order valence-corrected chi connectivity index (χ3v) is 5.79. The van der Waals surface area contributed by atoms with Gasteiger partial charge in [0.05, 0.1) is 5.69 Å². The SMILES string of the molecule is Cc1ccc(-c2csc(NC(=O)c3cc4c([nH]c3=O)CC(C)(C)CC4=O)n2)cc1. The number of nitrogens with zero attached hydrogens (tertiary/aromatic N) is 1. The van der Waals surface area contributed by atoms with E-state index in [1.54, 1.807) is 0 Å². The van der Waals surface area contributed by atoms with Crippen LogP contribution in [0.5, 0.6) is 0 Å². The zero-order chi connectivity index (χ0) is 20.8. The van der Waals surface area contributed by atoms with Crippen molar-refractivity contribution in [1.82, 2.24) is 9.97 Å². The lowest BCUT2D eigenvalue weighted by Gasteiger charge is -2.29. The Kier molecular flexibility index (Phi) is 4.70. The van der Waals surface area contributed by atoms with Crippen LogP contribution in [0.25, 0.3) is 11.3 Å². The maximum Gasteiger partial charge on any atom is 0.263 e. The normalized spacial score (nSPS) is 15.1. The molecule has 2 heterocycles. The molecule has 0 aliphatic heterocycles. The molecule has 0 saturated heterocycles. The van der Waals surface area contributed by atoms with Crippen LogP contribution in [0.15, 0.2) is 40.5 Å². The van der Waals surface area contributed by atoms with Gasteiger partial charge in [-0.2, -0.15) is 0 Å². The van der Waals surface area contributed by atoms with E-state index in [4.69, 9.17) is 0 Å². The van der Waals surface area contributed by atoms with Gasteiger partial charge in [-0.05, 0) is 24.8 Å². The smallest absolute Gasteiger partial charge is 0.263 e. The van der Waals surface area contributed by atoms with Crippen LogP contribution in [-0.2, 0) is 6.42 Å². The molecule has 1 aliphatic carbocycles. The maximum atomic E-state index is 12.7. The van der Waals surface area contributed by atoms with Crippen molar-refractivity contribution in [3.63, 3.8) is 0 Å². The Morgan fingerprint density at radius 3 is 2.62 bits per heavy atom. The highest BCUT2D eigenvalue weighted by Gasteiger charge is 2.32. The summed E-state index contributed by atoms with van der Waals surface area (Å²) in [4.78, 5) is 44.8. The van der Waals surface area contributed by atoms with E-state index in [2.05, 4.69) is 15.3 Å². The van der Waals surface area contributed by atoms with E-state index in [1.165, 1.54) is 17.4 Å². The summed E-state index contributed by atoms with van der Waals surface area (Å²) in [6, 6.07) is 9.35. The molecule has 1 amide bonds. The Hall–Kier alpha value is -3.06. The molecule has 1 aliphatic rings. The first-order valence-electron chi connectivity index (χ1n) is 9.35. The van der Waals surface area contributed by atoms with Crippen LogP contribution in [0, 0.1) is 12.3 Å². The summed E-state index contributed by atoms with van der Waals surface area (Å²) in [6.07, 6.45) is 0.983. The number of hydrogen-bond acceptors (Lipinski definition) is 5. The lowest BCUT2D eigenvalue weighted by molar-refractivity contribution is 0.0910. The van der Waals surface area contributed by atoms with Gasteiger partial charge >= 0.3 is 0 Å². The van der Waals surface area contributed by atoms with Crippen molar-refractivity contribution in [2.75, 3.05) is 5.32 Å². The molecule has 0 radical (unpaired) electrons. The van der Waals surface area contributed by atoms with Crippen molar-refractivity contribution in [2.24, 2.45) is 5.41 Å². The van der Waals surface area contributed by atoms with Gasteiger partial charge in [0.25, 0.3) is 11.5 Å². The topological polar surface area (TPSA) is 91.9 Å². The summed E-state index contributed by atoms with van der Waals surface area (Å²) in [7, 11) is 0. The number of Topliss-reactive ketones (excluding diaryl/α,β-unsaturated/α-hetero) is 1. The molecule has 7 heteroatoms. The van der Waals surface area contributed by atoms with Crippen LogP contribution in [0.2, 0.25) is 0 Å². The van der Waals surface area contributed by atoms with E-state index in [0.29, 0.717) is 29.2 Å². The van der Waals surface area contributed by atoms with Gasteiger partial charge in [-0.3, -0.25) is 19.7 Å². The number of carbonyl (C=O) groups is 2. The van der Waals surface area contributed by atoms with Crippen molar-refractivity contribution < 1.29 is 9.59 Å². The standard InChI is InChI=1S/C22H21N3O3S/c1-12-4-6-13(7-5-12)17-11-29-21(24-17)25-20(28)15-8-14-16(23-19(15)27)9-22(2,3)10-18(14)26/h4-8,11H,9-10H2,1-3H3,(H,23,27)(H,24,25,28). The summed E-state index contributed by atoms with van der Waals surface area (Å²) in [6.45, 7) is 5.99. The highest BCUT2D eigenvalue weighted by Crippen LogP contribution is 2.33. The van der Waals surface area contributed by atoms with E-state index >= 15 is 0 Å². The molecule has 0 unspecified atom stereocenters. The van der Waals surface area contributed by atoms with E-state index in [0.717, 1.165) is 16.8 Å². The fraction of sp³-hybridized carbons (Fsp3) is 0.273. The summed E-state index contributed by atoms with van der Waals surface area (Å²) in [5, 5.41) is 4.92. The Bertz CT molecular complexity index is 1170. The number of anilines is 1. The number of fused-ring (bicyclic) bond motifs is 1. The molecule has 4 rings (SSSR count). The van der Waals surface area contributed by atoms with Crippen LogP contribution in [0.1, 0.15) is 52.2 Å². The maximum absolute atomic E-state index is 12.7. The number of aryl methyl sites for hydroxylation is 1. The van der Waals surface area contributed by atoms with Gasteiger partial charge < -0.3 is 4.98 Å². The Morgan fingerprint density at radius 2 is 1.90 bits per heavy atom. The second kappa shape index (κ2) is 7.08. The average molecular weight is 407 g/mol. The number of thiazole rings is 1. The highest BCUT2D eigenvalue weighted by atomic mass is 32.1. The third-order valence-electron chi connectivity index (χ3n) is 5.03. The molecule has 0 bridgehead atoms. The fourth-order valence-corrected chi connectivity index (χ4v) is 4.26. The predicted molar refractivity (Wildman–Crippen MR) is 114 cm³/mol. The first kappa shape index (κ1) is 19.3. The fourth-order valence-electron chi connectivity index (χ4n) is 3.55. The van der Waals surface area contributed by atoms with Crippen LogP contribution in [-0.4, -0.2) is 21.7 Å². The molecule has 2 N–H and O–H groups in total. The Morgan fingerprint density at radius 1 is 1.17 bits per heavy atom. The van der Waals surface area contributed by atoms with Gasteiger partial charge in [0.15, 0.2) is 10.9 Å². The number of pyridine rings is 1. The van der Waals surface area contributed by atoms with E-state index in [1.807, 2.05) is 50.4 Å². The lowest BCUT2D eigenvalue weighted by atomic mass is 9.75. The average Bonchev–Trinajstić information content (AvgIpc) is 3.09. The number of aromatic nitrogens is 2. The molecular formula is C22H21N3O3S.